The summed E-state index contributed by atoms with van der Waals surface area (Å²) in [5.74, 6) is -0.222. The van der Waals surface area contributed by atoms with E-state index in [-0.39, 0.29) is 22.7 Å². The van der Waals surface area contributed by atoms with E-state index in [2.05, 4.69) is 5.32 Å². The van der Waals surface area contributed by atoms with E-state index in [0.29, 0.717) is 6.54 Å². The third kappa shape index (κ3) is 4.22. The maximum absolute atomic E-state index is 11.5. The fourth-order valence-corrected chi connectivity index (χ4v) is 1.50. The number of carbonyl (C=O) groups excluding carboxylic acids is 1. The minimum absolute atomic E-state index is 0.0515. The first-order valence-electron chi connectivity index (χ1n) is 4.57. The number of nitrogens with one attached hydrogen (secondary N) is 1. The molecule has 0 aliphatic heterocycles. The molecule has 0 aromatic carbocycles. The Balaban J connectivity index is 4.21. The van der Waals surface area contributed by atoms with Gasteiger partial charge in [0.05, 0.1) is 10.9 Å². The molecular formula is C9H18N2OS. The van der Waals surface area contributed by atoms with Crippen LogP contribution >= 0.6 is 12.2 Å². The molecule has 13 heavy (non-hydrogen) atoms. The number of thiocarbonyl (C=S) groups is 1. The predicted octanol–water partition coefficient (Wildman–Crippen LogP) is 1.07. The van der Waals surface area contributed by atoms with E-state index in [1.165, 1.54) is 0 Å². The molecule has 1 amide bonds. The Labute approximate surface area is 85.1 Å². The minimum atomic E-state index is -0.332. The highest BCUT2D eigenvalue weighted by Crippen LogP contribution is 2.11. The van der Waals surface area contributed by atoms with Crippen molar-refractivity contribution < 1.29 is 4.79 Å². The first-order valence-corrected chi connectivity index (χ1v) is 4.98. The molecule has 0 bridgehead atoms. The maximum Gasteiger partial charge on any atom is 0.230 e. The van der Waals surface area contributed by atoms with E-state index in [9.17, 15) is 4.79 Å². The zero-order valence-electron chi connectivity index (χ0n) is 8.46. The van der Waals surface area contributed by atoms with Crippen molar-refractivity contribution in [1.29, 1.82) is 0 Å². The lowest BCUT2D eigenvalue weighted by Crippen LogP contribution is -2.41. The number of nitrogens with two attached hydrogens (primary N) is 1. The summed E-state index contributed by atoms with van der Waals surface area (Å²) in [6.45, 7) is 6.57. The molecule has 3 N–H and O–H groups in total. The third-order valence-corrected chi connectivity index (χ3v) is 2.06. The van der Waals surface area contributed by atoms with Gasteiger partial charge < -0.3 is 11.1 Å². The van der Waals surface area contributed by atoms with Crippen LogP contribution in [-0.4, -0.2) is 17.4 Å². The van der Waals surface area contributed by atoms with Crippen molar-refractivity contribution in [3.8, 4) is 0 Å². The number of rotatable bonds is 5. The first-order chi connectivity index (χ1) is 6.00. The molecule has 1 atom stereocenters. The molecular weight excluding hydrogens is 184 g/mol. The van der Waals surface area contributed by atoms with Crippen LogP contribution in [0.2, 0.25) is 0 Å². The van der Waals surface area contributed by atoms with Crippen LogP contribution in [0, 0.1) is 11.8 Å². The Morgan fingerprint density at radius 3 is 2.38 bits per heavy atom. The predicted molar refractivity (Wildman–Crippen MR) is 58.4 cm³/mol. The van der Waals surface area contributed by atoms with Crippen molar-refractivity contribution in [2.24, 2.45) is 17.6 Å². The summed E-state index contributed by atoms with van der Waals surface area (Å²) < 4.78 is 0. The van der Waals surface area contributed by atoms with Gasteiger partial charge in [-0.05, 0) is 12.3 Å². The molecule has 3 nitrogen and oxygen atoms in total. The minimum Gasteiger partial charge on any atom is -0.393 e. The molecule has 0 radical (unpaired) electrons. The smallest absolute Gasteiger partial charge is 0.230 e. The summed E-state index contributed by atoms with van der Waals surface area (Å²) >= 11 is 4.84. The van der Waals surface area contributed by atoms with Gasteiger partial charge >= 0.3 is 0 Å². The number of hydrogen-bond acceptors (Lipinski definition) is 2. The van der Waals surface area contributed by atoms with E-state index >= 15 is 0 Å². The standard InChI is InChI=1S/C9H18N2OS/c1-4-5-11-9(12)7(6(2)3)8(10)13/h6-7H,4-5H2,1-3H3,(H2,10,13)(H,11,12). The molecule has 0 rings (SSSR count). The monoisotopic (exact) mass is 202 g/mol. The van der Waals surface area contributed by atoms with E-state index in [4.69, 9.17) is 18.0 Å². The highest BCUT2D eigenvalue weighted by Gasteiger charge is 2.24. The molecule has 0 saturated heterocycles. The van der Waals surface area contributed by atoms with Gasteiger partial charge in [-0.3, -0.25) is 4.79 Å². The average molecular weight is 202 g/mol. The van der Waals surface area contributed by atoms with E-state index in [1.807, 2.05) is 20.8 Å². The number of amides is 1. The van der Waals surface area contributed by atoms with Gasteiger partial charge in [0.25, 0.3) is 0 Å². The lowest BCUT2D eigenvalue weighted by molar-refractivity contribution is -0.123. The van der Waals surface area contributed by atoms with Crippen LogP contribution in [0.1, 0.15) is 27.2 Å². The Hall–Kier alpha value is -0.640. The van der Waals surface area contributed by atoms with Crippen molar-refractivity contribution in [2.75, 3.05) is 6.54 Å². The Bertz CT molecular complexity index is 192. The molecule has 4 heteroatoms. The topological polar surface area (TPSA) is 55.1 Å². The summed E-state index contributed by atoms with van der Waals surface area (Å²) in [4.78, 5) is 11.8. The summed E-state index contributed by atoms with van der Waals surface area (Å²) in [5.41, 5.74) is 5.48. The van der Waals surface area contributed by atoms with Gasteiger partial charge in [-0.25, -0.2) is 0 Å². The molecule has 0 spiro atoms. The molecule has 0 heterocycles. The van der Waals surface area contributed by atoms with Gasteiger partial charge in [-0.2, -0.15) is 0 Å². The average Bonchev–Trinajstić information content (AvgIpc) is 1.99. The van der Waals surface area contributed by atoms with Crippen LogP contribution in [0.15, 0.2) is 0 Å². The maximum atomic E-state index is 11.5. The Morgan fingerprint density at radius 1 is 1.54 bits per heavy atom. The van der Waals surface area contributed by atoms with Gasteiger partial charge in [0.15, 0.2) is 0 Å². The second kappa shape index (κ2) is 5.91. The number of hydrogen-bond donors (Lipinski definition) is 2. The van der Waals surface area contributed by atoms with E-state index in [0.717, 1.165) is 6.42 Å². The normalized spacial score (nSPS) is 12.6. The first kappa shape index (κ1) is 12.4. The van der Waals surface area contributed by atoms with Gasteiger partial charge in [-0.1, -0.05) is 33.0 Å². The van der Waals surface area contributed by atoms with Crippen molar-refractivity contribution in [3.05, 3.63) is 0 Å². The second-order valence-electron chi connectivity index (χ2n) is 3.42. The molecule has 0 aliphatic carbocycles. The van der Waals surface area contributed by atoms with Crippen molar-refractivity contribution in [2.45, 2.75) is 27.2 Å². The van der Waals surface area contributed by atoms with E-state index in [1.54, 1.807) is 0 Å². The van der Waals surface area contributed by atoms with Crippen LogP contribution in [0.3, 0.4) is 0 Å². The fourth-order valence-electron chi connectivity index (χ4n) is 1.12. The number of carbonyl (C=O) groups is 1. The van der Waals surface area contributed by atoms with Crippen LogP contribution in [-0.2, 0) is 4.79 Å². The van der Waals surface area contributed by atoms with Crippen LogP contribution in [0.4, 0.5) is 0 Å². The zero-order chi connectivity index (χ0) is 10.4. The summed E-state index contributed by atoms with van der Waals surface area (Å²) in [5, 5.41) is 2.79. The van der Waals surface area contributed by atoms with Gasteiger partial charge in [-0.15, -0.1) is 0 Å². The highest BCUT2D eigenvalue weighted by atomic mass is 32.1. The Morgan fingerprint density at radius 2 is 2.08 bits per heavy atom. The molecule has 1 unspecified atom stereocenters. The lowest BCUT2D eigenvalue weighted by atomic mass is 9.95. The second-order valence-corrected chi connectivity index (χ2v) is 3.89. The SMILES string of the molecule is CCCNC(=O)C(C(N)=S)C(C)C. The van der Waals surface area contributed by atoms with Crippen LogP contribution < -0.4 is 11.1 Å². The van der Waals surface area contributed by atoms with Gasteiger partial charge in [0, 0.05) is 6.54 Å². The third-order valence-electron chi connectivity index (χ3n) is 1.80. The molecule has 0 saturated carbocycles. The Kier molecular flexibility index (Phi) is 5.62. The lowest BCUT2D eigenvalue weighted by Gasteiger charge is -2.18. The van der Waals surface area contributed by atoms with Gasteiger partial charge in [0.1, 0.15) is 0 Å². The van der Waals surface area contributed by atoms with Crippen molar-refractivity contribution in [3.63, 3.8) is 0 Å². The highest BCUT2D eigenvalue weighted by molar-refractivity contribution is 7.80. The fraction of sp³-hybridized carbons (Fsp3) is 0.778. The summed E-state index contributed by atoms with van der Waals surface area (Å²) in [6, 6.07) is 0. The molecule has 0 fully saturated rings. The summed E-state index contributed by atoms with van der Waals surface area (Å²) in [6.07, 6.45) is 0.924. The van der Waals surface area contributed by atoms with Crippen LogP contribution in [0.25, 0.3) is 0 Å². The van der Waals surface area contributed by atoms with Crippen molar-refractivity contribution in [1.82, 2.24) is 5.32 Å². The van der Waals surface area contributed by atoms with Crippen molar-refractivity contribution >= 4 is 23.1 Å². The quantitative estimate of drug-likeness (QED) is 0.656. The van der Waals surface area contributed by atoms with Crippen LogP contribution in [0.5, 0.6) is 0 Å². The molecule has 0 aliphatic rings. The summed E-state index contributed by atoms with van der Waals surface area (Å²) in [7, 11) is 0. The molecule has 0 aromatic rings. The molecule has 0 aromatic heterocycles. The van der Waals surface area contributed by atoms with Gasteiger partial charge in [0.2, 0.25) is 5.91 Å². The van der Waals surface area contributed by atoms with E-state index < -0.39 is 0 Å². The zero-order valence-corrected chi connectivity index (χ0v) is 9.28. The largest absolute Gasteiger partial charge is 0.393 e. The molecule has 76 valence electrons.